The Hall–Kier alpha value is -2.11. The van der Waals surface area contributed by atoms with E-state index in [-0.39, 0.29) is 11.7 Å². The summed E-state index contributed by atoms with van der Waals surface area (Å²) in [6.45, 7) is 6.75. The second-order valence-corrected chi connectivity index (χ2v) is 7.37. The molecule has 0 aliphatic rings. The third kappa shape index (κ3) is 3.84. The Kier molecular flexibility index (Phi) is 5.49. The Morgan fingerprint density at radius 3 is 2.58 bits per heavy atom. The van der Waals surface area contributed by atoms with Gasteiger partial charge in [0.1, 0.15) is 11.3 Å². The van der Waals surface area contributed by atoms with Gasteiger partial charge in [0.15, 0.2) is 0 Å². The molecule has 0 radical (unpaired) electrons. The van der Waals surface area contributed by atoms with Gasteiger partial charge in [-0.25, -0.2) is 4.79 Å². The lowest BCUT2D eigenvalue weighted by atomic mass is 10.0. The van der Waals surface area contributed by atoms with E-state index in [1.165, 1.54) is 5.56 Å². The van der Waals surface area contributed by atoms with Crippen molar-refractivity contribution in [3.05, 3.63) is 73.5 Å². The van der Waals surface area contributed by atoms with Gasteiger partial charge in [-0.15, -0.1) is 0 Å². The molecule has 0 fully saturated rings. The molecule has 1 N–H and O–H groups in total. The minimum atomic E-state index is -0.322. The van der Waals surface area contributed by atoms with E-state index in [0.717, 1.165) is 32.3 Å². The summed E-state index contributed by atoms with van der Waals surface area (Å²) in [7, 11) is 1.65. The number of fused-ring (bicyclic) bond motifs is 1. The van der Waals surface area contributed by atoms with Crippen LogP contribution in [0.15, 0.2) is 50.1 Å². The number of nitrogens with one attached hydrogen (secondary N) is 1. The summed E-state index contributed by atoms with van der Waals surface area (Å²) in [5, 5.41) is 4.47. The topological polar surface area (TPSA) is 51.5 Å². The Bertz CT molecular complexity index is 1010. The van der Waals surface area contributed by atoms with Crippen molar-refractivity contribution in [2.24, 2.45) is 0 Å². The van der Waals surface area contributed by atoms with Crippen LogP contribution in [-0.2, 0) is 6.54 Å². The van der Waals surface area contributed by atoms with Gasteiger partial charge in [-0.2, -0.15) is 0 Å². The van der Waals surface area contributed by atoms with Crippen molar-refractivity contribution in [1.29, 1.82) is 0 Å². The molecule has 4 nitrogen and oxygen atoms in total. The lowest BCUT2D eigenvalue weighted by Crippen LogP contribution is -2.19. The third-order valence-corrected chi connectivity index (χ3v) is 5.34. The molecule has 1 aromatic heterocycles. The SMILES string of the molecule is COc1ccc([C@@H](C)NCc2cc(=O)oc3cc(C)c(C)cc23)cc1Br. The number of hydrogen-bond acceptors (Lipinski definition) is 4. The zero-order valence-electron chi connectivity index (χ0n) is 15.4. The first-order valence-electron chi connectivity index (χ1n) is 8.50. The highest BCUT2D eigenvalue weighted by atomic mass is 79.9. The van der Waals surface area contributed by atoms with Crippen molar-refractivity contribution in [2.45, 2.75) is 33.4 Å². The second kappa shape index (κ2) is 7.64. The maximum Gasteiger partial charge on any atom is 0.336 e. The maximum absolute atomic E-state index is 11.9. The van der Waals surface area contributed by atoms with Gasteiger partial charge in [0.2, 0.25) is 0 Å². The average Bonchev–Trinajstić information content (AvgIpc) is 2.60. The smallest absolute Gasteiger partial charge is 0.336 e. The van der Waals surface area contributed by atoms with E-state index >= 15 is 0 Å². The largest absolute Gasteiger partial charge is 0.496 e. The predicted octanol–water partition coefficient (Wildman–Crippen LogP) is 5.03. The Labute approximate surface area is 161 Å². The fraction of sp³-hybridized carbons (Fsp3) is 0.286. The standard InChI is InChI=1S/C21H22BrNO3/c1-12-7-17-16(10-21(24)26-20(17)8-13(12)2)11-23-14(3)15-5-6-19(25-4)18(22)9-15/h5-10,14,23H,11H2,1-4H3/t14-/m1/s1. The molecule has 3 aromatic rings. The molecular formula is C21H22BrNO3. The predicted molar refractivity (Wildman–Crippen MR) is 108 cm³/mol. The summed E-state index contributed by atoms with van der Waals surface area (Å²) in [5.74, 6) is 0.804. The first kappa shape index (κ1) is 18.7. The summed E-state index contributed by atoms with van der Waals surface area (Å²) in [6.07, 6.45) is 0. The van der Waals surface area contributed by atoms with Crippen molar-refractivity contribution in [3.63, 3.8) is 0 Å². The van der Waals surface area contributed by atoms with Gasteiger partial charge < -0.3 is 14.5 Å². The Morgan fingerprint density at radius 2 is 1.88 bits per heavy atom. The van der Waals surface area contributed by atoms with E-state index in [9.17, 15) is 4.79 Å². The summed E-state index contributed by atoms with van der Waals surface area (Å²) in [4.78, 5) is 11.9. The van der Waals surface area contributed by atoms with Crippen LogP contribution < -0.4 is 15.7 Å². The highest BCUT2D eigenvalue weighted by Crippen LogP contribution is 2.28. The van der Waals surface area contributed by atoms with Gasteiger partial charge in [-0.1, -0.05) is 6.07 Å². The molecule has 0 saturated carbocycles. The normalized spacial score (nSPS) is 12.3. The molecule has 0 spiro atoms. The second-order valence-electron chi connectivity index (χ2n) is 6.52. The number of benzene rings is 2. The zero-order chi connectivity index (χ0) is 18.8. The first-order chi connectivity index (χ1) is 12.4. The minimum Gasteiger partial charge on any atom is -0.496 e. The van der Waals surface area contributed by atoms with E-state index < -0.39 is 0 Å². The highest BCUT2D eigenvalue weighted by Gasteiger charge is 2.11. The molecule has 1 heterocycles. The first-order valence-corrected chi connectivity index (χ1v) is 9.29. The summed E-state index contributed by atoms with van der Waals surface area (Å²) < 4.78 is 11.6. The molecule has 1 atom stereocenters. The van der Waals surface area contributed by atoms with E-state index in [2.05, 4.69) is 41.2 Å². The lowest BCUT2D eigenvalue weighted by Gasteiger charge is -2.16. The molecule has 136 valence electrons. The molecule has 0 aliphatic heterocycles. The van der Waals surface area contributed by atoms with Crippen molar-refractivity contribution in [2.75, 3.05) is 7.11 Å². The van der Waals surface area contributed by atoms with Crippen LogP contribution in [0.2, 0.25) is 0 Å². The molecule has 0 aliphatic carbocycles. The number of aryl methyl sites for hydroxylation is 2. The molecule has 2 aromatic carbocycles. The highest BCUT2D eigenvalue weighted by molar-refractivity contribution is 9.10. The van der Waals surface area contributed by atoms with Crippen molar-refractivity contribution in [3.8, 4) is 5.75 Å². The molecule has 5 heteroatoms. The van der Waals surface area contributed by atoms with E-state index in [1.54, 1.807) is 13.2 Å². The Balaban J connectivity index is 1.86. The fourth-order valence-corrected chi connectivity index (χ4v) is 3.52. The van der Waals surface area contributed by atoms with E-state index in [4.69, 9.17) is 9.15 Å². The van der Waals surface area contributed by atoms with Crippen LogP contribution >= 0.6 is 15.9 Å². The van der Waals surface area contributed by atoms with Crippen LogP contribution in [-0.4, -0.2) is 7.11 Å². The van der Waals surface area contributed by atoms with Crippen LogP contribution in [0.3, 0.4) is 0 Å². The molecule has 26 heavy (non-hydrogen) atoms. The number of halogens is 1. The summed E-state index contributed by atoms with van der Waals surface area (Å²) in [6, 6.07) is 11.7. The number of hydrogen-bond donors (Lipinski definition) is 1. The van der Waals surface area contributed by atoms with Crippen LogP contribution in [0.1, 0.15) is 35.2 Å². The number of ether oxygens (including phenoxy) is 1. The van der Waals surface area contributed by atoms with Gasteiger partial charge >= 0.3 is 5.63 Å². The van der Waals surface area contributed by atoms with Crippen molar-refractivity contribution < 1.29 is 9.15 Å². The number of methoxy groups -OCH3 is 1. The molecule has 0 bridgehead atoms. The van der Waals surface area contributed by atoms with Gasteiger partial charge in [-0.3, -0.25) is 0 Å². The van der Waals surface area contributed by atoms with Crippen molar-refractivity contribution >= 4 is 26.9 Å². The average molecular weight is 416 g/mol. The quantitative estimate of drug-likeness (QED) is 0.593. The van der Waals surface area contributed by atoms with Gasteiger partial charge in [0.25, 0.3) is 0 Å². The Morgan fingerprint density at radius 1 is 1.15 bits per heavy atom. The third-order valence-electron chi connectivity index (χ3n) is 4.72. The van der Waals surface area contributed by atoms with Crippen molar-refractivity contribution in [1.82, 2.24) is 5.32 Å². The van der Waals surface area contributed by atoms with Crippen LogP contribution in [0.5, 0.6) is 5.75 Å². The van der Waals surface area contributed by atoms with Crippen LogP contribution in [0.25, 0.3) is 11.0 Å². The van der Waals surface area contributed by atoms with Crippen LogP contribution in [0.4, 0.5) is 0 Å². The molecular weight excluding hydrogens is 394 g/mol. The maximum atomic E-state index is 11.9. The molecule has 0 unspecified atom stereocenters. The molecule has 3 rings (SSSR count). The van der Waals surface area contributed by atoms with Gasteiger partial charge in [0, 0.05) is 24.0 Å². The molecule has 0 saturated heterocycles. The van der Waals surface area contributed by atoms with E-state index in [1.807, 2.05) is 31.2 Å². The molecule has 0 amide bonds. The summed E-state index contributed by atoms with van der Waals surface area (Å²) in [5.41, 5.74) is 4.69. The van der Waals surface area contributed by atoms with Gasteiger partial charge in [-0.05, 0) is 83.2 Å². The van der Waals surface area contributed by atoms with E-state index in [0.29, 0.717) is 12.1 Å². The van der Waals surface area contributed by atoms with Crippen LogP contribution in [0, 0.1) is 13.8 Å². The summed E-state index contributed by atoms with van der Waals surface area (Å²) >= 11 is 3.52. The monoisotopic (exact) mass is 415 g/mol. The lowest BCUT2D eigenvalue weighted by molar-refractivity contribution is 0.411. The fourth-order valence-electron chi connectivity index (χ4n) is 2.96. The van der Waals surface area contributed by atoms with Gasteiger partial charge in [0.05, 0.1) is 11.6 Å². The zero-order valence-corrected chi connectivity index (χ0v) is 16.9. The number of rotatable bonds is 5. The minimum absolute atomic E-state index is 0.117.